The van der Waals surface area contributed by atoms with E-state index in [-0.39, 0.29) is 12.2 Å². The Bertz CT molecular complexity index is 2660. The van der Waals surface area contributed by atoms with Crippen LogP contribution in [0.4, 0.5) is 0 Å². The Morgan fingerprint density at radius 3 is 2.04 bits per heavy atom. The van der Waals surface area contributed by atoms with Crippen molar-refractivity contribution in [3.63, 3.8) is 0 Å². The second kappa shape index (κ2) is 14.5. The molecule has 6 nitrogen and oxygen atoms in total. The van der Waals surface area contributed by atoms with E-state index in [1.165, 1.54) is 11.3 Å². The highest BCUT2D eigenvalue weighted by atomic mass is 35.5. The lowest BCUT2D eigenvalue weighted by Crippen LogP contribution is -2.40. The Kier molecular flexibility index (Phi) is 9.35. The molecule has 5 aromatic carbocycles. The summed E-state index contributed by atoms with van der Waals surface area (Å²) in [6.45, 7) is 4.02. The van der Waals surface area contributed by atoms with Crippen molar-refractivity contribution in [2.45, 2.75) is 19.9 Å². The van der Waals surface area contributed by atoms with Gasteiger partial charge in [-0.05, 0) is 66.9 Å². The number of benzene rings is 5. The highest BCUT2D eigenvalue weighted by molar-refractivity contribution is 7.07. The van der Waals surface area contributed by atoms with Gasteiger partial charge in [-0.25, -0.2) is 9.79 Å². The predicted octanol–water partition coefficient (Wildman–Crippen LogP) is 9.02. The molecule has 1 aliphatic rings. The van der Waals surface area contributed by atoms with Gasteiger partial charge in [0.25, 0.3) is 5.56 Å². The molecular formula is C45H34ClN3O3S. The quantitative estimate of drug-likeness (QED) is 0.147. The number of hydrogen-bond donors (Lipinski definition) is 0. The molecule has 0 fully saturated rings. The van der Waals surface area contributed by atoms with Crippen LogP contribution in [-0.2, 0) is 9.53 Å². The van der Waals surface area contributed by atoms with Crippen molar-refractivity contribution in [1.82, 2.24) is 9.13 Å². The van der Waals surface area contributed by atoms with E-state index in [1.54, 1.807) is 23.6 Å². The zero-order valence-electron chi connectivity index (χ0n) is 29.1. The molecule has 0 saturated carbocycles. The first-order valence-electron chi connectivity index (χ1n) is 17.4. The van der Waals surface area contributed by atoms with Crippen molar-refractivity contribution in [2.24, 2.45) is 4.99 Å². The van der Waals surface area contributed by atoms with Crippen molar-refractivity contribution in [1.29, 1.82) is 0 Å². The fourth-order valence-corrected chi connectivity index (χ4v) is 7.97. The van der Waals surface area contributed by atoms with Crippen molar-refractivity contribution in [2.75, 3.05) is 6.61 Å². The van der Waals surface area contributed by atoms with Crippen LogP contribution in [0.15, 0.2) is 161 Å². The molecule has 53 heavy (non-hydrogen) atoms. The fraction of sp³-hybridized carbons (Fsp3) is 0.0889. The summed E-state index contributed by atoms with van der Waals surface area (Å²) in [5, 5.41) is 0.548. The van der Waals surface area contributed by atoms with Gasteiger partial charge in [0.15, 0.2) is 4.80 Å². The Hall–Kier alpha value is -6.02. The summed E-state index contributed by atoms with van der Waals surface area (Å²) in [4.78, 5) is 34.2. The molecule has 0 N–H and O–H groups in total. The van der Waals surface area contributed by atoms with Crippen molar-refractivity contribution in [3.05, 3.63) is 198 Å². The van der Waals surface area contributed by atoms with Crippen molar-refractivity contribution < 1.29 is 9.53 Å². The third kappa shape index (κ3) is 6.50. The van der Waals surface area contributed by atoms with Gasteiger partial charge in [0.2, 0.25) is 0 Å². The lowest BCUT2D eigenvalue weighted by molar-refractivity contribution is -0.138. The normalized spacial score (nSPS) is 14.2. The van der Waals surface area contributed by atoms with E-state index >= 15 is 0 Å². The van der Waals surface area contributed by atoms with Crippen LogP contribution in [-0.4, -0.2) is 21.7 Å². The first kappa shape index (κ1) is 34.1. The lowest BCUT2D eigenvalue weighted by atomic mass is 9.93. The van der Waals surface area contributed by atoms with Gasteiger partial charge >= 0.3 is 5.97 Å². The minimum absolute atomic E-state index is 0.173. The van der Waals surface area contributed by atoms with Gasteiger partial charge in [-0.1, -0.05) is 144 Å². The minimum atomic E-state index is -0.800. The molecule has 0 unspecified atom stereocenters. The van der Waals surface area contributed by atoms with Crippen LogP contribution in [0.25, 0.3) is 40.0 Å². The maximum atomic E-state index is 14.8. The molecule has 0 amide bonds. The maximum Gasteiger partial charge on any atom is 0.338 e. The van der Waals surface area contributed by atoms with Gasteiger partial charge in [-0.15, -0.1) is 0 Å². The second-order valence-corrected chi connectivity index (χ2v) is 14.2. The molecule has 0 bridgehead atoms. The predicted molar refractivity (Wildman–Crippen MR) is 214 cm³/mol. The number of ether oxygens (including phenoxy) is 1. The van der Waals surface area contributed by atoms with E-state index in [2.05, 4.69) is 66.1 Å². The van der Waals surface area contributed by atoms with E-state index in [9.17, 15) is 9.59 Å². The maximum absolute atomic E-state index is 14.8. The summed E-state index contributed by atoms with van der Waals surface area (Å²) in [7, 11) is 0. The number of aromatic nitrogens is 2. The van der Waals surface area contributed by atoms with Gasteiger partial charge in [-0.2, -0.15) is 0 Å². The molecule has 260 valence electrons. The molecule has 3 heterocycles. The molecule has 1 aliphatic heterocycles. The zero-order valence-corrected chi connectivity index (χ0v) is 30.6. The van der Waals surface area contributed by atoms with Gasteiger partial charge < -0.3 is 9.30 Å². The van der Waals surface area contributed by atoms with Crippen LogP contribution in [0, 0.1) is 6.92 Å². The van der Waals surface area contributed by atoms with Crippen molar-refractivity contribution in [3.8, 4) is 28.2 Å². The van der Waals surface area contributed by atoms with E-state index < -0.39 is 12.0 Å². The number of thiazole rings is 1. The molecule has 7 aromatic rings. The van der Waals surface area contributed by atoms with Crippen LogP contribution < -0.4 is 14.9 Å². The summed E-state index contributed by atoms with van der Waals surface area (Å²) in [5.41, 5.74) is 9.00. The Morgan fingerprint density at radius 2 is 1.42 bits per heavy atom. The van der Waals surface area contributed by atoms with Crippen molar-refractivity contribution >= 4 is 40.7 Å². The topological polar surface area (TPSA) is 65.6 Å². The van der Waals surface area contributed by atoms with E-state index in [0.29, 0.717) is 25.6 Å². The molecular weight excluding hydrogens is 698 g/mol. The Balaban J connectivity index is 1.43. The molecule has 2 aromatic heterocycles. The van der Waals surface area contributed by atoms with Crippen LogP contribution in [0.2, 0.25) is 5.02 Å². The first-order chi connectivity index (χ1) is 25.9. The molecule has 0 spiro atoms. The number of halogens is 1. The highest BCUT2D eigenvalue weighted by Crippen LogP contribution is 2.38. The summed E-state index contributed by atoms with van der Waals surface area (Å²) in [5.74, 6) is -0.529. The van der Waals surface area contributed by atoms with Crippen LogP contribution in [0.3, 0.4) is 0 Å². The molecule has 0 aliphatic carbocycles. The Morgan fingerprint density at radius 1 is 0.811 bits per heavy atom. The third-order valence-corrected chi connectivity index (χ3v) is 10.5. The molecule has 8 heteroatoms. The van der Waals surface area contributed by atoms with Crippen LogP contribution in [0.1, 0.15) is 35.2 Å². The smallest absolute Gasteiger partial charge is 0.338 e. The molecule has 1 atom stereocenters. The summed E-state index contributed by atoms with van der Waals surface area (Å²) < 4.78 is 10.00. The molecule has 0 radical (unpaired) electrons. The standard InChI is InChI=1S/C45H34ClN3O3S/c1-3-52-44(51)39-40(31-15-9-5-10-16-31)47-45-49(42(39)33-21-23-35(46)24-22-33)43(50)38(53-45)28-34-27-37(30-13-7-4-8-14-30)48(36-25-19-29(2)20-26-36)41(34)32-17-11-6-12-18-32/h4-28,42H,3H2,1-2H3/b38-28+/t42-/m1/s1. The minimum Gasteiger partial charge on any atom is -0.463 e. The van der Waals surface area contributed by atoms with Gasteiger partial charge in [0.1, 0.15) is 0 Å². The summed E-state index contributed by atoms with van der Waals surface area (Å²) in [6, 6.07) is 47.1. The highest BCUT2D eigenvalue weighted by Gasteiger charge is 2.35. The zero-order chi connectivity index (χ0) is 36.5. The number of fused-ring (bicyclic) bond motifs is 1. The average Bonchev–Trinajstić information content (AvgIpc) is 3.72. The van der Waals surface area contributed by atoms with Crippen LogP contribution in [0.5, 0.6) is 0 Å². The SMILES string of the molecule is CCOC(=O)C1=C(c2ccccc2)N=c2s/c(=C/c3cc(-c4ccccc4)n(-c4ccc(C)cc4)c3-c3ccccc3)c(=O)n2[C@@H]1c1ccc(Cl)cc1. The number of carbonyl (C=O) groups excluding carboxylic acids is 1. The lowest BCUT2D eigenvalue weighted by Gasteiger charge is -2.25. The number of nitrogens with zero attached hydrogens (tertiary/aromatic N) is 3. The summed E-state index contributed by atoms with van der Waals surface area (Å²) >= 11 is 7.63. The monoisotopic (exact) mass is 731 g/mol. The summed E-state index contributed by atoms with van der Waals surface area (Å²) in [6.07, 6.45) is 1.96. The van der Waals surface area contributed by atoms with Gasteiger partial charge in [0, 0.05) is 21.8 Å². The number of rotatable bonds is 8. The average molecular weight is 732 g/mol. The van der Waals surface area contributed by atoms with E-state index in [1.807, 2.05) is 84.9 Å². The Labute approximate surface area is 315 Å². The van der Waals surface area contributed by atoms with E-state index in [0.717, 1.165) is 50.5 Å². The number of aryl methyl sites for hydroxylation is 1. The third-order valence-electron chi connectivity index (χ3n) is 9.29. The number of esters is 1. The largest absolute Gasteiger partial charge is 0.463 e. The van der Waals surface area contributed by atoms with Gasteiger partial charge in [0.05, 0.1) is 39.8 Å². The van der Waals surface area contributed by atoms with E-state index in [4.69, 9.17) is 21.3 Å². The fourth-order valence-electron chi connectivity index (χ4n) is 6.86. The number of carbonyl (C=O) groups is 1. The molecule has 0 saturated heterocycles. The van der Waals surface area contributed by atoms with Gasteiger partial charge in [-0.3, -0.25) is 9.36 Å². The first-order valence-corrected chi connectivity index (χ1v) is 18.6. The van der Waals surface area contributed by atoms with Crippen LogP contribution >= 0.6 is 22.9 Å². The second-order valence-electron chi connectivity index (χ2n) is 12.7. The number of hydrogen-bond acceptors (Lipinski definition) is 5. The molecule has 8 rings (SSSR count).